The van der Waals surface area contributed by atoms with E-state index < -0.39 is 0 Å². The van der Waals surface area contributed by atoms with Gasteiger partial charge in [0.05, 0.1) is 16.6 Å². The van der Waals surface area contributed by atoms with Gasteiger partial charge in [0.15, 0.2) is 0 Å². The minimum atomic E-state index is -0.203. The number of anilines is 1. The Morgan fingerprint density at radius 2 is 1.92 bits per heavy atom. The first-order valence-electron chi connectivity index (χ1n) is 8.81. The molecular formula is C19H20N6O. The van der Waals surface area contributed by atoms with Crippen molar-refractivity contribution in [3.63, 3.8) is 0 Å². The molecule has 2 heterocycles. The van der Waals surface area contributed by atoms with Gasteiger partial charge < -0.3 is 4.57 Å². The highest BCUT2D eigenvalue weighted by Gasteiger charge is 2.15. The van der Waals surface area contributed by atoms with Gasteiger partial charge in [-0.1, -0.05) is 24.3 Å². The van der Waals surface area contributed by atoms with Crippen molar-refractivity contribution in [2.24, 2.45) is 0 Å². The van der Waals surface area contributed by atoms with Crippen LogP contribution in [0.4, 0.5) is 5.95 Å². The third-order valence-electron chi connectivity index (χ3n) is 4.40. The van der Waals surface area contributed by atoms with Crippen LogP contribution >= 0.6 is 0 Å². The van der Waals surface area contributed by atoms with Crippen molar-refractivity contribution in [3.05, 3.63) is 48.0 Å². The first-order valence-corrected chi connectivity index (χ1v) is 8.81. The topological polar surface area (TPSA) is 77.6 Å². The zero-order chi connectivity index (χ0) is 18.1. The zero-order valence-corrected chi connectivity index (χ0v) is 14.8. The summed E-state index contributed by atoms with van der Waals surface area (Å²) in [7, 11) is 0. The largest absolute Gasteiger partial charge is 0.310 e. The summed E-state index contributed by atoms with van der Waals surface area (Å²) in [5.41, 5.74) is 4.06. The van der Waals surface area contributed by atoms with Crippen LogP contribution in [0.5, 0.6) is 0 Å². The van der Waals surface area contributed by atoms with Crippen LogP contribution in [0.2, 0.25) is 0 Å². The Labute approximate surface area is 150 Å². The summed E-state index contributed by atoms with van der Waals surface area (Å²) in [6.07, 6.45) is 0.954. The average molecular weight is 348 g/mol. The number of fused-ring (bicyclic) bond motifs is 2. The summed E-state index contributed by atoms with van der Waals surface area (Å²) in [5.74, 6) is 0.362. The molecule has 26 heavy (non-hydrogen) atoms. The fourth-order valence-electron chi connectivity index (χ4n) is 3.14. The monoisotopic (exact) mass is 348 g/mol. The van der Waals surface area contributed by atoms with Crippen LogP contribution in [-0.2, 0) is 13.1 Å². The molecule has 1 amide bonds. The number of aromatic nitrogens is 5. The first kappa shape index (κ1) is 16.3. The second kappa shape index (κ2) is 6.59. The molecule has 132 valence electrons. The van der Waals surface area contributed by atoms with E-state index in [0.29, 0.717) is 17.0 Å². The van der Waals surface area contributed by atoms with Crippen molar-refractivity contribution in [1.29, 1.82) is 0 Å². The maximum atomic E-state index is 12.7. The second-order valence-electron chi connectivity index (χ2n) is 6.14. The fourth-order valence-corrected chi connectivity index (χ4v) is 3.14. The van der Waals surface area contributed by atoms with Gasteiger partial charge in [0, 0.05) is 18.7 Å². The van der Waals surface area contributed by atoms with E-state index in [9.17, 15) is 4.79 Å². The van der Waals surface area contributed by atoms with E-state index in [1.54, 1.807) is 16.8 Å². The lowest BCUT2D eigenvalue weighted by atomic mass is 10.2. The van der Waals surface area contributed by atoms with Gasteiger partial charge >= 0.3 is 0 Å². The maximum absolute atomic E-state index is 12.7. The third kappa shape index (κ3) is 2.71. The van der Waals surface area contributed by atoms with Crippen LogP contribution in [-0.4, -0.2) is 30.5 Å². The fraction of sp³-hybridized carbons (Fsp3) is 0.263. The molecule has 0 fully saturated rings. The lowest BCUT2D eigenvalue weighted by molar-refractivity contribution is 0.102. The number of imidazole rings is 1. The summed E-state index contributed by atoms with van der Waals surface area (Å²) in [5, 5.41) is 11.2. The summed E-state index contributed by atoms with van der Waals surface area (Å²) in [4.78, 5) is 17.3. The normalized spacial score (nSPS) is 11.3. The molecule has 1 N–H and O–H groups in total. The Kier molecular flexibility index (Phi) is 4.12. The molecule has 0 aliphatic rings. The lowest BCUT2D eigenvalue weighted by Crippen LogP contribution is -2.16. The van der Waals surface area contributed by atoms with Crippen molar-refractivity contribution >= 4 is 33.9 Å². The van der Waals surface area contributed by atoms with Gasteiger partial charge in [-0.2, -0.15) is 0 Å². The Morgan fingerprint density at radius 3 is 2.73 bits per heavy atom. The number of aryl methyl sites for hydroxylation is 2. The van der Waals surface area contributed by atoms with Crippen molar-refractivity contribution in [2.75, 3.05) is 5.32 Å². The average Bonchev–Trinajstić information content (AvgIpc) is 3.23. The van der Waals surface area contributed by atoms with E-state index in [1.165, 1.54) is 0 Å². The maximum Gasteiger partial charge on any atom is 0.258 e. The third-order valence-corrected chi connectivity index (χ3v) is 4.40. The predicted octanol–water partition coefficient (Wildman–Crippen LogP) is 3.46. The molecule has 0 radical (unpaired) electrons. The van der Waals surface area contributed by atoms with Gasteiger partial charge in [-0.25, -0.2) is 9.67 Å². The SMILES string of the molecule is CCCn1c(NC(=O)c2ccc3c(c2)nnn3CC)nc2ccccc21. The lowest BCUT2D eigenvalue weighted by Gasteiger charge is -2.09. The minimum Gasteiger partial charge on any atom is -0.310 e. The molecule has 7 heteroatoms. The molecule has 0 atom stereocenters. The smallest absolute Gasteiger partial charge is 0.258 e. The number of nitrogens with one attached hydrogen (secondary N) is 1. The van der Waals surface area contributed by atoms with Crippen molar-refractivity contribution in [1.82, 2.24) is 24.5 Å². The van der Waals surface area contributed by atoms with E-state index in [2.05, 4.69) is 27.5 Å². The number of carbonyl (C=O) groups is 1. The number of nitrogens with zero attached hydrogens (tertiary/aromatic N) is 5. The molecule has 2 aromatic heterocycles. The Hall–Kier alpha value is -3.22. The van der Waals surface area contributed by atoms with E-state index in [0.717, 1.165) is 36.1 Å². The van der Waals surface area contributed by atoms with Crippen LogP contribution in [0.15, 0.2) is 42.5 Å². The number of hydrogen-bond donors (Lipinski definition) is 1. The number of rotatable bonds is 5. The Balaban J connectivity index is 1.67. The Morgan fingerprint density at radius 1 is 1.08 bits per heavy atom. The molecule has 2 aromatic carbocycles. The first-order chi connectivity index (χ1) is 12.7. The molecular weight excluding hydrogens is 328 g/mol. The molecule has 7 nitrogen and oxygen atoms in total. The molecule has 0 aliphatic heterocycles. The quantitative estimate of drug-likeness (QED) is 0.599. The molecule has 0 spiro atoms. The highest BCUT2D eigenvalue weighted by atomic mass is 16.1. The second-order valence-corrected chi connectivity index (χ2v) is 6.14. The van der Waals surface area contributed by atoms with E-state index in [1.807, 2.05) is 41.8 Å². The van der Waals surface area contributed by atoms with Crippen LogP contribution in [0.25, 0.3) is 22.1 Å². The standard InChI is InChI=1S/C19H20N6O/c1-3-11-24-16-8-6-5-7-14(16)20-19(24)21-18(26)13-9-10-17-15(12-13)22-23-25(17)4-2/h5-10,12H,3-4,11H2,1-2H3,(H,20,21,26). The summed E-state index contributed by atoms with van der Waals surface area (Å²) < 4.78 is 3.84. The summed E-state index contributed by atoms with van der Waals surface area (Å²) >= 11 is 0. The molecule has 0 unspecified atom stereocenters. The zero-order valence-electron chi connectivity index (χ0n) is 14.8. The van der Waals surface area contributed by atoms with Gasteiger partial charge in [-0.05, 0) is 43.7 Å². The molecule has 0 bridgehead atoms. The van der Waals surface area contributed by atoms with E-state index in [-0.39, 0.29) is 5.91 Å². The number of carbonyl (C=O) groups excluding carboxylic acids is 1. The van der Waals surface area contributed by atoms with Crippen molar-refractivity contribution in [2.45, 2.75) is 33.4 Å². The molecule has 0 saturated heterocycles. The predicted molar refractivity (Wildman–Crippen MR) is 101 cm³/mol. The van der Waals surface area contributed by atoms with Gasteiger partial charge in [0.25, 0.3) is 5.91 Å². The van der Waals surface area contributed by atoms with Gasteiger partial charge in [-0.15, -0.1) is 5.10 Å². The highest BCUT2D eigenvalue weighted by Crippen LogP contribution is 2.21. The Bertz CT molecular complexity index is 1090. The van der Waals surface area contributed by atoms with Crippen molar-refractivity contribution in [3.8, 4) is 0 Å². The number of para-hydroxylation sites is 2. The van der Waals surface area contributed by atoms with Crippen LogP contribution in [0, 0.1) is 0 Å². The summed E-state index contributed by atoms with van der Waals surface area (Å²) in [6, 6.07) is 13.3. The van der Waals surface area contributed by atoms with Gasteiger partial charge in [-0.3, -0.25) is 10.1 Å². The number of benzene rings is 2. The number of amides is 1. The van der Waals surface area contributed by atoms with Gasteiger partial charge in [0.1, 0.15) is 5.52 Å². The minimum absolute atomic E-state index is 0.203. The van der Waals surface area contributed by atoms with Crippen LogP contribution in [0.1, 0.15) is 30.6 Å². The molecule has 4 rings (SSSR count). The molecule has 0 aliphatic carbocycles. The van der Waals surface area contributed by atoms with Crippen LogP contribution in [0.3, 0.4) is 0 Å². The molecule has 4 aromatic rings. The van der Waals surface area contributed by atoms with Crippen molar-refractivity contribution < 1.29 is 4.79 Å². The van der Waals surface area contributed by atoms with E-state index >= 15 is 0 Å². The van der Waals surface area contributed by atoms with Crippen LogP contribution < -0.4 is 5.32 Å². The summed E-state index contributed by atoms with van der Waals surface area (Å²) in [6.45, 7) is 5.64. The van der Waals surface area contributed by atoms with Gasteiger partial charge in [0.2, 0.25) is 5.95 Å². The van der Waals surface area contributed by atoms with E-state index in [4.69, 9.17) is 0 Å². The highest BCUT2D eigenvalue weighted by molar-refractivity contribution is 6.05. The number of hydrogen-bond acceptors (Lipinski definition) is 4. The molecule has 0 saturated carbocycles.